The van der Waals surface area contributed by atoms with Crippen molar-refractivity contribution in [3.05, 3.63) is 23.8 Å². The lowest BCUT2D eigenvalue weighted by Crippen LogP contribution is -2.18. The zero-order chi connectivity index (χ0) is 11.7. The summed E-state index contributed by atoms with van der Waals surface area (Å²) in [6.07, 6.45) is 0. The zero-order valence-electron chi connectivity index (χ0n) is 9.15. The lowest BCUT2D eigenvalue weighted by atomic mass is 9.96. The Morgan fingerprint density at radius 2 is 1.94 bits per heavy atom. The van der Waals surface area contributed by atoms with Crippen LogP contribution in [0.25, 0.3) is 0 Å². The summed E-state index contributed by atoms with van der Waals surface area (Å²) >= 11 is 0. The Bertz CT molecular complexity index is 450. The van der Waals surface area contributed by atoms with Gasteiger partial charge >= 0.3 is 0 Å². The third-order valence-electron chi connectivity index (χ3n) is 2.66. The van der Waals surface area contributed by atoms with E-state index in [4.69, 9.17) is 9.47 Å². The number of benzene rings is 1. The molecule has 0 aromatic heterocycles. The number of carbonyl (C=O) groups excluding carboxylic acids is 2. The Balaban J connectivity index is 2.28. The number of fused-ring (bicyclic) bond motifs is 1. The molecule has 0 aliphatic carbocycles. The largest absolute Gasteiger partial charge is 0.454 e. The molecule has 0 N–H and O–H groups in total. The molecule has 1 aromatic carbocycles. The average molecular weight is 220 g/mol. The van der Waals surface area contributed by atoms with Crippen molar-refractivity contribution in [3.63, 3.8) is 0 Å². The predicted molar refractivity (Wildman–Crippen MR) is 56.7 cm³/mol. The van der Waals surface area contributed by atoms with Crippen molar-refractivity contribution in [2.24, 2.45) is 5.92 Å². The molecule has 0 saturated carbocycles. The standard InChI is InChI=1S/C12H12O4/c1-7(8(2)13)12(14)9-3-4-10-11(5-9)16-6-15-10/h3-5,7H,6H2,1-2H3. The van der Waals surface area contributed by atoms with Crippen LogP contribution in [0.3, 0.4) is 0 Å². The first-order chi connectivity index (χ1) is 7.59. The summed E-state index contributed by atoms with van der Waals surface area (Å²) < 4.78 is 10.3. The average Bonchev–Trinajstić information content (AvgIpc) is 2.73. The van der Waals surface area contributed by atoms with Crippen LogP contribution in [-0.2, 0) is 4.79 Å². The Morgan fingerprint density at radius 3 is 2.62 bits per heavy atom. The quantitative estimate of drug-likeness (QED) is 0.576. The van der Waals surface area contributed by atoms with E-state index in [9.17, 15) is 9.59 Å². The van der Waals surface area contributed by atoms with Crippen LogP contribution in [0.4, 0.5) is 0 Å². The van der Waals surface area contributed by atoms with E-state index in [0.29, 0.717) is 17.1 Å². The van der Waals surface area contributed by atoms with Gasteiger partial charge in [0.2, 0.25) is 6.79 Å². The number of rotatable bonds is 3. The number of hydrogen-bond acceptors (Lipinski definition) is 4. The van der Waals surface area contributed by atoms with Gasteiger partial charge in [0.15, 0.2) is 17.3 Å². The molecule has 16 heavy (non-hydrogen) atoms. The summed E-state index contributed by atoms with van der Waals surface area (Å²) in [6, 6.07) is 4.95. The molecule has 1 atom stereocenters. The first-order valence-electron chi connectivity index (χ1n) is 5.04. The fourth-order valence-corrected chi connectivity index (χ4v) is 1.48. The van der Waals surface area contributed by atoms with Crippen LogP contribution in [0.15, 0.2) is 18.2 Å². The number of ether oxygens (including phenoxy) is 2. The van der Waals surface area contributed by atoms with Crippen molar-refractivity contribution in [1.82, 2.24) is 0 Å². The van der Waals surface area contributed by atoms with Crippen molar-refractivity contribution in [1.29, 1.82) is 0 Å². The van der Waals surface area contributed by atoms with Gasteiger partial charge in [-0.2, -0.15) is 0 Å². The smallest absolute Gasteiger partial charge is 0.231 e. The Hall–Kier alpha value is -1.84. The first kappa shape index (κ1) is 10.7. The second-order valence-corrected chi connectivity index (χ2v) is 3.76. The van der Waals surface area contributed by atoms with E-state index < -0.39 is 5.92 Å². The van der Waals surface area contributed by atoms with E-state index >= 15 is 0 Å². The van der Waals surface area contributed by atoms with Gasteiger partial charge in [-0.05, 0) is 32.0 Å². The number of ketones is 2. The predicted octanol–water partition coefficient (Wildman–Crippen LogP) is 1.82. The minimum atomic E-state index is -0.611. The normalized spacial score (nSPS) is 14.6. The maximum absolute atomic E-state index is 11.9. The van der Waals surface area contributed by atoms with Crippen molar-refractivity contribution in [2.75, 3.05) is 6.79 Å². The number of carbonyl (C=O) groups is 2. The first-order valence-corrected chi connectivity index (χ1v) is 5.04. The monoisotopic (exact) mass is 220 g/mol. The van der Waals surface area contributed by atoms with E-state index in [1.54, 1.807) is 25.1 Å². The molecule has 4 heteroatoms. The SMILES string of the molecule is CC(=O)C(C)C(=O)c1ccc2c(c1)OCO2. The van der Waals surface area contributed by atoms with Gasteiger partial charge in [0.25, 0.3) is 0 Å². The summed E-state index contributed by atoms with van der Waals surface area (Å²) in [7, 11) is 0. The summed E-state index contributed by atoms with van der Waals surface area (Å²) in [5, 5.41) is 0. The van der Waals surface area contributed by atoms with Gasteiger partial charge in [-0.15, -0.1) is 0 Å². The van der Waals surface area contributed by atoms with E-state index in [0.717, 1.165) is 0 Å². The molecule has 4 nitrogen and oxygen atoms in total. The topological polar surface area (TPSA) is 52.6 Å². The molecule has 1 unspecified atom stereocenters. The van der Waals surface area contributed by atoms with Crippen molar-refractivity contribution in [2.45, 2.75) is 13.8 Å². The fourth-order valence-electron chi connectivity index (χ4n) is 1.48. The van der Waals surface area contributed by atoms with Gasteiger partial charge < -0.3 is 9.47 Å². The number of hydrogen-bond donors (Lipinski definition) is 0. The highest BCUT2D eigenvalue weighted by atomic mass is 16.7. The zero-order valence-corrected chi connectivity index (χ0v) is 9.15. The summed E-state index contributed by atoms with van der Waals surface area (Å²) in [5.74, 6) is 0.252. The lowest BCUT2D eigenvalue weighted by Gasteiger charge is -2.06. The molecule has 0 fully saturated rings. The molecule has 84 valence electrons. The van der Waals surface area contributed by atoms with Crippen LogP contribution >= 0.6 is 0 Å². The molecule has 1 heterocycles. The van der Waals surface area contributed by atoms with Crippen molar-refractivity contribution < 1.29 is 19.1 Å². The molecule has 1 aliphatic heterocycles. The maximum atomic E-state index is 11.9. The van der Waals surface area contributed by atoms with E-state index in [1.165, 1.54) is 6.92 Å². The van der Waals surface area contributed by atoms with Crippen molar-refractivity contribution >= 4 is 11.6 Å². The van der Waals surface area contributed by atoms with Gasteiger partial charge in [0, 0.05) is 5.56 Å². The highest BCUT2D eigenvalue weighted by molar-refractivity contribution is 6.09. The van der Waals surface area contributed by atoms with Crippen LogP contribution in [0.1, 0.15) is 24.2 Å². The molecule has 1 aliphatic rings. The summed E-state index contributed by atoms with van der Waals surface area (Å²) in [6.45, 7) is 3.19. The second-order valence-electron chi connectivity index (χ2n) is 3.76. The summed E-state index contributed by atoms with van der Waals surface area (Å²) in [5.41, 5.74) is 0.479. The fraction of sp³-hybridized carbons (Fsp3) is 0.333. The van der Waals surface area contributed by atoms with Gasteiger partial charge in [0.05, 0.1) is 5.92 Å². The molecule has 2 rings (SSSR count). The molecule has 0 spiro atoms. The van der Waals surface area contributed by atoms with Crippen LogP contribution in [-0.4, -0.2) is 18.4 Å². The molecule has 0 saturated heterocycles. The van der Waals surface area contributed by atoms with Crippen LogP contribution in [0.5, 0.6) is 11.5 Å². The Labute approximate surface area is 93.2 Å². The summed E-state index contributed by atoms with van der Waals surface area (Å²) in [4.78, 5) is 23.0. The molecule has 0 amide bonds. The second kappa shape index (κ2) is 3.96. The highest BCUT2D eigenvalue weighted by Crippen LogP contribution is 2.33. The minimum absolute atomic E-state index is 0.136. The van der Waals surface area contributed by atoms with Gasteiger partial charge in [0.1, 0.15) is 5.78 Å². The third-order valence-corrected chi connectivity index (χ3v) is 2.66. The van der Waals surface area contributed by atoms with Gasteiger partial charge in [-0.1, -0.05) is 0 Å². The number of Topliss-reactive ketones (excluding diaryl/α,β-unsaturated/α-hetero) is 2. The van der Waals surface area contributed by atoms with E-state index in [-0.39, 0.29) is 18.4 Å². The molecular formula is C12H12O4. The molecule has 0 radical (unpaired) electrons. The lowest BCUT2D eigenvalue weighted by molar-refractivity contribution is -0.118. The minimum Gasteiger partial charge on any atom is -0.454 e. The third kappa shape index (κ3) is 1.78. The van der Waals surface area contributed by atoms with Crippen LogP contribution in [0, 0.1) is 5.92 Å². The Morgan fingerprint density at radius 1 is 1.25 bits per heavy atom. The molecule has 0 bridgehead atoms. The van der Waals surface area contributed by atoms with Gasteiger partial charge in [-0.25, -0.2) is 0 Å². The van der Waals surface area contributed by atoms with Crippen LogP contribution in [0.2, 0.25) is 0 Å². The Kier molecular flexibility index (Phi) is 2.64. The van der Waals surface area contributed by atoms with E-state index in [1.807, 2.05) is 0 Å². The highest BCUT2D eigenvalue weighted by Gasteiger charge is 2.22. The molecule has 1 aromatic rings. The van der Waals surface area contributed by atoms with Gasteiger partial charge in [-0.3, -0.25) is 9.59 Å². The van der Waals surface area contributed by atoms with Crippen molar-refractivity contribution in [3.8, 4) is 11.5 Å². The maximum Gasteiger partial charge on any atom is 0.231 e. The van der Waals surface area contributed by atoms with Crippen LogP contribution < -0.4 is 9.47 Å². The van der Waals surface area contributed by atoms with E-state index in [2.05, 4.69) is 0 Å². The molecular weight excluding hydrogens is 208 g/mol.